The Hall–Kier alpha value is -2.55. The highest BCUT2D eigenvalue weighted by atomic mass is 16.5. The number of ether oxygens (including phenoxy) is 1. The molecule has 0 heterocycles. The van der Waals surface area contributed by atoms with Gasteiger partial charge >= 0.3 is 0 Å². The van der Waals surface area contributed by atoms with Gasteiger partial charge in [0.05, 0.1) is 6.61 Å². The van der Waals surface area contributed by atoms with Crippen molar-refractivity contribution in [3.63, 3.8) is 0 Å². The van der Waals surface area contributed by atoms with E-state index >= 15 is 0 Å². The molecule has 1 N–H and O–H groups in total. The molecule has 3 nitrogen and oxygen atoms in total. The van der Waals surface area contributed by atoms with Gasteiger partial charge in [0, 0.05) is 11.8 Å². The minimum absolute atomic E-state index is 0.143. The van der Waals surface area contributed by atoms with Gasteiger partial charge in [-0.05, 0) is 49.2 Å². The summed E-state index contributed by atoms with van der Waals surface area (Å²) >= 11 is 0. The van der Waals surface area contributed by atoms with Crippen molar-refractivity contribution in [2.24, 2.45) is 0 Å². The van der Waals surface area contributed by atoms with Gasteiger partial charge in [-0.2, -0.15) is 0 Å². The number of anilines is 1. The number of hydrogen-bond acceptors (Lipinski definition) is 2. The zero-order chi connectivity index (χ0) is 15.8. The first-order chi connectivity index (χ1) is 10.7. The van der Waals surface area contributed by atoms with Gasteiger partial charge in [-0.3, -0.25) is 4.79 Å². The third kappa shape index (κ3) is 5.09. The van der Waals surface area contributed by atoms with Crippen molar-refractivity contribution in [1.29, 1.82) is 0 Å². The summed E-state index contributed by atoms with van der Waals surface area (Å²) in [6.07, 6.45) is 4.30. The van der Waals surface area contributed by atoms with Crippen LogP contribution in [0.5, 0.6) is 5.75 Å². The maximum Gasteiger partial charge on any atom is 0.248 e. The van der Waals surface area contributed by atoms with Crippen molar-refractivity contribution in [1.82, 2.24) is 0 Å². The normalized spacial score (nSPS) is 10.6. The lowest BCUT2D eigenvalue weighted by Gasteiger charge is -2.04. The standard InChI is InChI=1S/C19H21NO2/c1-3-14-22-18-11-6-16(7-12-18)8-13-19(21)20-17-9-4-15(2)5-10-17/h4-13H,3,14H2,1-2H3,(H,20,21)/b13-8+. The van der Waals surface area contributed by atoms with Gasteiger partial charge in [-0.1, -0.05) is 36.8 Å². The molecule has 2 rings (SSSR count). The summed E-state index contributed by atoms with van der Waals surface area (Å²) in [5.41, 5.74) is 2.92. The molecule has 0 spiro atoms. The topological polar surface area (TPSA) is 38.3 Å². The first-order valence-electron chi connectivity index (χ1n) is 7.46. The van der Waals surface area contributed by atoms with Crippen molar-refractivity contribution >= 4 is 17.7 Å². The highest BCUT2D eigenvalue weighted by Gasteiger charge is 1.98. The number of rotatable bonds is 6. The molecule has 22 heavy (non-hydrogen) atoms. The first kappa shape index (κ1) is 15.8. The monoisotopic (exact) mass is 295 g/mol. The summed E-state index contributed by atoms with van der Waals surface area (Å²) in [5.74, 6) is 0.707. The minimum atomic E-state index is -0.143. The highest BCUT2D eigenvalue weighted by Crippen LogP contribution is 2.14. The van der Waals surface area contributed by atoms with Gasteiger partial charge in [0.15, 0.2) is 0 Å². The van der Waals surface area contributed by atoms with E-state index in [0.717, 1.165) is 23.4 Å². The Morgan fingerprint density at radius 3 is 2.41 bits per heavy atom. The number of aryl methyl sites for hydroxylation is 1. The fraction of sp³-hybridized carbons (Fsp3) is 0.211. The average molecular weight is 295 g/mol. The third-order valence-corrected chi connectivity index (χ3v) is 3.10. The van der Waals surface area contributed by atoms with Crippen LogP contribution in [-0.4, -0.2) is 12.5 Å². The molecule has 114 valence electrons. The Kier molecular flexibility index (Phi) is 5.78. The Balaban J connectivity index is 1.90. The Labute approximate surface area is 131 Å². The maximum atomic E-state index is 11.9. The second-order valence-corrected chi connectivity index (χ2v) is 5.11. The fourth-order valence-corrected chi connectivity index (χ4v) is 1.89. The molecule has 0 atom stereocenters. The number of benzene rings is 2. The molecular weight excluding hydrogens is 274 g/mol. The lowest BCUT2D eigenvalue weighted by atomic mass is 10.2. The van der Waals surface area contributed by atoms with E-state index < -0.39 is 0 Å². The number of carbonyl (C=O) groups excluding carboxylic acids is 1. The van der Waals surface area contributed by atoms with Crippen LogP contribution in [0.1, 0.15) is 24.5 Å². The van der Waals surface area contributed by atoms with E-state index in [-0.39, 0.29) is 5.91 Å². The van der Waals surface area contributed by atoms with Gasteiger partial charge < -0.3 is 10.1 Å². The first-order valence-corrected chi connectivity index (χ1v) is 7.46. The summed E-state index contributed by atoms with van der Waals surface area (Å²) in [6.45, 7) is 4.80. The molecule has 0 fully saturated rings. The van der Waals surface area contributed by atoms with Gasteiger partial charge in [0.1, 0.15) is 5.75 Å². The second-order valence-electron chi connectivity index (χ2n) is 5.11. The van der Waals surface area contributed by atoms with E-state index in [1.54, 1.807) is 6.08 Å². The molecule has 0 saturated heterocycles. The highest BCUT2D eigenvalue weighted by molar-refractivity contribution is 6.01. The van der Waals surface area contributed by atoms with Gasteiger partial charge in [0.2, 0.25) is 5.91 Å². The van der Waals surface area contributed by atoms with Crippen LogP contribution in [0, 0.1) is 6.92 Å². The predicted molar refractivity (Wildman–Crippen MR) is 91.1 cm³/mol. The van der Waals surface area contributed by atoms with Crippen molar-refractivity contribution in [2.45, 2.75) is 20.3 Å². The number of nitrogens with one attached hydrogen (secondary N) is 1. The van der Waals surface area contributed by atoms with Crippen LogP contribution in [0.15, 0.2) is 54.6 Å². The Bertz CT molecular complexity index is 627. The quantitative estimate of drug-likeness (QED) is 0.800. The second kappa shape index (κ2) is 8.03. The zero-order valence-corrected chi connectivity index (χ0v) is 13.0. The molecule has 0 aliphatic rings. The van der Waals surface area contributed by atoms with Crippen molar-refractivity contribution in [3.8, 4) is 5.75 Å². The smallest absolute Gasteiger partial charge is 0.248 e. The van der Waals surface area contributed by atoms with E-state index in [1.807, 2.05) is 55.5 Å². The summed E-state index contributed by atoms with van der Waals surface area (Å²) in [7, 11) is 0. The summed E-state index contributed by atoms with van der Waals surface area (Å²) < 4.78 is 5.52. The molecule has 0 bridgehead atoms. The molecule has 0 aromatic heterocycles. The Morgan fingerprint density at radius 1 is 1.09 bits per heavy atom. The number of hydrogen-bond donors (Lipinski definition) is 1. The van der Waals surface area contributed by atoms with Crippen LogP contribution < -0.4 is 10.1 Å². The molecule has 0 aliphatic carbocycles. The molecule has 1 amide bonds. The van der Waals surface area contributed by atoms with E-state index in [1.165, 1.54) is 11.6 Å². The SMILES string of the molecule is CCCOc1ccc(/C=C/C(=O)Nc2ccc(C)cc2)cc1. The zero-order valence-electron chi connectivity index (χ0n) is 13.0. The maximum absolute atomic E-state index is 11.9. The molecule has 0 unspecified atom stereocenters. The van der Waals surface area contributed by atoms with Gasteiger partial charge in [0.25, 0.3) is 0 Å². The van der Waals surface area contributed by atoms with Crippen LogP contribution >= 0.6 is 0 Å². The van der Waals surface area contributed by atoms with Gasteiger partial charge in [-0.15, -0.1) is 0 Å². The molecular formula is C19H21NO2. The predicted octanol–water partition coefficient (Wildman–Crippen LogP) is 4.44. The summed E-state index contributed by atoms with van der Waals surface area (Å²) in [6, 6.07) is 15.4. The van der Waals surface area contributed by atoms with Crippen LogP contribution in [0.4, 0.5) is 5.69 Å². The third-order valence-electron chi connectivity index (χ3n) is 3.10. The molecule has 2 aromatic rings. The fourth-order valence-electron chi connectivity index (χ4n) is 1.89. The van der Waals surface area contributed by atoms with Crippen LogP contribution in [0.25, 0.3) is 6.08 Å². The average Bonchev–Trinajstić information content (AvgIpc) is 2.54. The summed E-state index contributed by atoms with van der Waals surface area (Å²) in [5, 5.41) is 2.83. The minimum Gasteiger partial charge on any atom is -0.494 e. The van der Waals surface area contributed by atoms with Crippen molar-refractivity contribution in [3.05, 3.63) is 65.7 Å². The lowest BCUT2D eigenvalue weighted by Crippen LogP contribution is -2.07. The largest absolute Gasteiger partial charge is 0.494 e. The van der Waals surface area contributed by atoms with E-state index in [9.17, 15) is 4.79 Å². The van der Waals surface area contributed by atoms with Crippen molar-refractivity contribution in [2.75, 3.05) is 11.9 Å². The van der Waals surface area contributed by atoms with Crippen molar-refractivity contribution < 1.29 is 9.53 Å². The molecule has 2 aromatic carbocycles. The van der Waals surface area contributed by atoms with E-state index in [0.29, 0.717) is 6.61 Å². The Morgan fingerprint density at radius 2 is 1.77 bits per heavy atom. The number of carbonyl (C=O) groups is 1. The van der Waals surface area contributed by atoms with Crippen LogP contribution in [-0.2, 0) is 4.79 Å². The molecule has 0 aliphatic heterocycles. The summed E-state index contributed by atoms with van der Waals surface area (Å²) in [4.78, 5) is 11.9. The lowest BCUT2D eigenvalue weighted by molar-refractivity contribution is -0.111. The van der Waals surface area contributed by atoms with E-state index in [2.05, 4.69) is 12.2 Å². The van der Waals surface area contributed by atoms with Gasteiger partial charge in [-0.25, -0.2) is 0 Å². The van der Waals surface area contributed by atoms with E-state index in [4.69, 9.17) is 4.74 Å². The molecule has 0 radical (unpaired) electrons. The number of amides is 1. The molecule has 0 saturated carbocycles. The van der Waals surface area contributed by atoms with Crippen LogP contribution in [0.3, 0.4) is 0 Å². The van der Waals surface area contributed by atoms with Crippen LogP contribution in [0.2, 0.25) is 0 Å². The molecule has 3 heteroatoms.